The Morgan fingerprint density at radius 2 is 1.39 bits per heavy atom. The first-order chi connectivity index (χ1) is 8.72. The van der Waals surface area contributed by atoms with Gasteiger partial charge in [-0.3, -0.25) is 4.79 Å². The predicted molar refractivity (Wildman–Crippen MR) is 69.6 cm³/mol. The van der Waals surface area contributed by atoms with Crippen molar-refractivity contribution in [2.45, 2.75) is 18.3 Å². The summed E-state index contributed by atoms with van der Waals surface area (Å²) in [5, 5.41) is 9.69. The van der Waals surface area contributed by atoms with E-state index in [9.17, 15) is 9.90 Å². The number of carbonyl (C=O) groups is 1. The summed E-state index contributed by atoms with van der Waals surface area (Å²) in [4.78, 5) is 11.8. The summed E-state index contributed by atoms with van der Waals surface area (Å²) in [5.41, 5.74) is 2.42. The van der Waals surface area contributed by atoms with Crippen LogP contribution in [0.2, 0.25) is 0 Å². The van der Waals surface area contributed by atoms with E-state index in [1.807, 2.05) is 54.6 Å². The van der Waals surface area contributed by atoms with Gasteiger partial charge in [-0.25, -0.2) is 0 Å². The van der Waals surface area contributed by atoms with Gasteiger partial charge in [0, 0.05) is 0 Å². The molecule has 0 amide bonds. The van der Waals surface area contributed by atoms with Gasteiger partial charge in [0.05, 0.1) is 0 Å². The monoisotopic (exact) mass is 238 g/mol. The van der Waals surface area contributed by atoms with Crippen molar-refractivity contribution in [3.05, 3.63) is 71.3 Å². The van der Waals surface area contributed by atoms with Crippen LogP contribution in [0.25, 0.3) is 0 Å². The van der Waals surface area contributed by atoms with E-state index in [0.717, 1.165) is 16.7 Å². The zero-order valence-electron chi connectivity index (χ0n) is 9.97. The van der Waals surface area contributed by atoms with Crippen LogP contribution >= 0.6 is 0 Å². The van der Waals surface area contributed by atoms with E-state index >= 15 is 0 Å². The van der Waals surface area contributed by atoms with Crippen molar-refractivity contribution in [2.24, 2.45) is 0 Å². The number of benzene rings is 2. The quantitative estimate of drug-likeness (QED) is 0.873. The van der Waals surface area contributed by atoms with Crippen molar-refractivity contribution < 1.29 is 9.90 Å². The SMILES string of the molecule is O=C(O)C1(c2ccccc2)Cc2ccccc2C1. The van der Waals surface area contributed by atoms with Crippen LogP contribution in [0.1, 0.15) is 16.7 Å². The maximum absolute atomic E-state index is 11.8. The Bertz CT molecular complexity index is 562. The molecule has 0 unspecified atom stereocenters. The van der Waals surface area contributed by atoms with E-state index in [4.69, 9.17) is 0 Å². The molecule has 0 saturated heterocycles. The second-order valence-corrected chi connectivity index (χ2v) is 4.88. The van der Waals surface area contributed by atoms with E-state index in [1.165, 1.54) is 0 Å². The molecule has 1 aliphatic carbocycles. The molecule has 1 N–H and O–H groups in total. The maximum Gasteiger partial charge on any atom is 0.314 e. The van der Waals surface area contributed by atoms with Gasteiger partial charge in [-0.05, 0) is 29.5 Å². The van der Waals surface area contributed by atoms with Crippen LogP contribution < -0.4 is 0 Å². The minimum absolute atomic E-state index is 0.586. The molecule has 2 heteroatoms. The molecule has 0 aliphatic heterocycles. The molecule has 3 rings (SSSR count). The molecule has 0 aromatic heterocycles. The fraction of sp³-hybridized carbons (Fsp3) is 0.188. The predicted octanol–water partition coefficient (Wildman–Crippen LogP) is 2.81. The maximum atomic E-state index is 11.8. The summed E-state index contributed by atoms with van der Waals surface area (Å²) in [6.45, 7) is 0. The van der Waals surface area contributed by atoms with E-state index < -0.39 is 11.4 Å². The molecule has 90 valence electrons. The Labute approximate surface area is 106 Å². The zero-order chi connectivity index (χ0) is 12.6. The van der Waals surface area contributed by atoms with Gasteiger partial charge >= 0.3 is 5.97 Å². The Morgan fingerprint density at radius 3 is 1.89 bits per heavy atom. The number of fused-ring (bicyclic) bond motifs is 1. The highest BCUT2D eigenvalue weighted by Crippen LogP contribution is 2.39. The third-order valence-electron chi connectivity index (χ3n) is 3.84. The van der Waals surface area contributed by atoms with Gasteiger partial charge in [-0.1, -0.05) is 54.6 Å². The molecule has 0 saturated carbocycles. The Kier molecular flexibility index (Phi) is 2.44. The molecule has 2 aromatic rings. The third kappa shape index (κ3) is 1.53. The lowest BCUT2D eigenvalue weighted by molar-refractivity contribution is -0.143. The molecule has 0 spiro atoms. The number of hydrogen-bond donors (Lipinski definition) is 1. The molecule has 0 fully saturated rings. The number of hydrogen-bond acceptors (Lipinski definition) is 1. The molecular weight excluding hydrogens is 224 g/mol. The average molecular weight is 238 g/mol. The van der Waals surface area contributed by atoms with Crippen molar-refractivity contribution in [3.8, 4) is 0 Å². The first-order valence-electron chi connectivity index (χ1n) is 6.08. The van der Waals surface area contributed by atoms with E-state index in [1.54, 1.807) is 0 Å². The Morgan fingerprint density at radius 1 is 0.889 bits per heavy atom. The summed E-state index contributed by atoms with van der Waals surface area (Å²) < 4.78 is 0. The second-order valence-electron chi connectivity index (χ2n) is 4.88. The normalized spacial score (nSPS) is 16.2. The minimum Gasteiger partial charge on any atom is -0.481 e. The lowest BCUT2D eigenvalue weighted by atomic mass is 9.78. The molecular formula is C16H14O2. The van der Waals surface area contributed by atoms with Crippen LogP contribution in [0, 0.1) is 0 Å². The number of carboxylic acid groups (broad SMARTS) is 1. The summed E-state index contributed by atoms with van der Waals surface area (Å²) in [6, 6.07) is 17.6. The van der Waals surface area contributed by atoms with E-state index in [0.29, 0.717) is 12.8 Å². The van der Waals surface area contributed by atoms with Crippen molar-refractivity contribution in [3.63, 3.8) is 0 Å². The molecule has 2 nitrogen and oxygen atoms in total. The van der Waals surface area contributed by atoms with E-state index in [-0.39, 0.29) is 0 Å². The first-order valence-corrected chi connectivity index (χ1v) is 6.08. The van der Waals surface area contributed by atoms with Gasteiger partial charge in [0.2, 0.25) is 0 Å². The fourth-order valence-electron chi connectivity index (χ4n) is 2.85. The lowest BCUT2D eigenvalue weighted by Crippen LogP contribution is -2.36. The fourth-order valence-corrected chi connectivity index (χ4v) is 2.85. The molecule has 0 heterocycles. The van der Waals surface area contributed by atoms with Gasteiger partial charge in [0.15, 0.2) is 0 Å². The van der Waals surface area contributed by atoms with Crippen LogP contribution in [0.5, 0.6) is 0 Å². The van der Waals surface area contributed by atoms with Crippen LogP contribution in [0.4, 0.5) is 0 Å². The van der Waals surface area contributed by atoms with Crippen LogP contribution in [-0.4, -0.2) is 11.1 Å². The van der Waals surface area contributed by atoms with Crippen LogP contribution in [0.15, 0.2) is 54.6 Å². The summed E-state index contributed by atoms with van der Waals surface area (Å²) in [7, 11) is 0. The molecule has 0 atom stereocenters. The molecule has 2 aromatic carbocycles. The highest BCUT2D eigenvalue weighted by molar-refractivity contribution is 5.83. The Balaban J connectivity index is 2.11. The molecule has 0 radical (unpaired) electrons. The van der Waals surface area contributed by atoms with Crippen LogP contribution in [0.3, 0.4) is 0 Å². The smallest absolute Gasteiger partial charge is 0.314 e. The minimum atomic E-state index is -0.787. The third-order valence-corrected chi connectivity index (χ3v) is 3.84. The highest BCUT2D eigenvalue weighted by Gasteiger charge is 2.45. The van der Waals surface area contributed by atoms with E-state index in [2.05, 4.69) is 0 Å². The summed E-state index contributed by atoms with van der Waals surface area (Å²) in [5.74, 6) is -0.732. The zero-order valence-corrected chi connectivity index (χ0v) is 9.97. The van der Waals surface area contributed by atoms with Gasteiger partial charge < -0.3 is 5.11 Å². The number of rotatable bonds is 2. The van der Waals surface area contributed by atoms with Crippen LogP contribution in [-0.2, 0) is 23.1 Å². The summed E-state index contributed by atoms with van der Waals surface area (Å²) >= 11 is 0. The lowest BCUT2D eigenvalue weighted by Gasteiger charge is -2.24. The van der Waals surface area contributed by atoms with Gasteiger partial charge in [0.1, 0.15) is 5.41 Å². The second kappa shape index (κ2) is 3.98. The van der Waals surface area contributed by atoms with Crippen molar-refractivity contribution in [2.75, 3.05) is 0 Å². The standard InChI is InChI=1S/C16H14O2/c17-15(18)16(14-8-2-1-3-9-14)10-12-6-4-5-7-13(12)11-16/h1-9H,10-11H2,(H,17,18). The molecule has 18 heavy (non-hydrogen) atoms. The number of aliphatic carboxylic acids is 1. The number of carboxylic acids is 1. The molecule has 1 aliphatic rings. The largest absolute Gasteiger partial charge is 0.481 e. The van der Waals surface area contributed by atoms with Crippen molar-refractivity contribution in [1.82, 2.24) is 0 Å². The van der Waals surface area contributed by atoms with Gasteiger partial charge in [0.25, 0.3) is 0 Å². The van der Waals surface area contributed by atoms with Gasteiger partial charge in [-0.15, -0.1) is 0 Å². The van der Waals surface area contributed by atoms with Crippen molar-refractivity contribution in [1.29, 1.82) is 0 Å². The average Bonchev–Trinajstić information content (AvgIpc) is 2.80. The Hall–Kier alpha value is -2.09. The molecule has 0 bridgehead atoms. The summed E-state index contributed by atoms with van der Waals surface area (Å²) in [6.07, 6.45) is 1.17. The van der Waals surface area contributed by atoms with Gasteiger partial charge in [-0.2, -0.15) is 0 Å². The topological polar surface area (TPSA) is 37.3 Å². The van der Waals surface area contributed by atoms with Crippen molar-refractivity contribution >= 4 is 5.97 Å². The first kappa shape index (κ1) is 11.0. The highest BCUT2D eigenvalue weighted by atomic mass is 16.4.